The van der Waals surface area contributed by atoms with E-state index >= 15 is 0 Å². The molecular formula is C30H62N3O7PPt. The Hall–Kier alpha value is 0.108. The zero-order valence-electron chi connectivity index (χ0n) is 26.6. The minimum atomic E-state index is -5.14. The molecule has 0 aliphatic heterocycles. The summed E-state index contributed by atoms with van der Waals surface area (Å²) < 4.78 is 9.70. The molecule has 0 spiro atoms. The maximum Gasteiger partial charge on any atom is 2.00 e. The maximum absolute atomic E-state index is 11.4. The molecule has 0 bridgehead atoms. The molecule has 0 radical (unpaired) electrons. The van der Waals surface area contributed by atoms with Crippen molar-refractivity contribution in [1.29, 1.82) is 0 Å². The second-order valence-electron chi connectivity index (χ2n) is 13.0. The van der Waals surface area contributed by atoms with E-state index in [0.29, 0.717) is 18.5 Å². The number of carboxylic acids is 1. The molecule has 10 nitrogen and oxygen atoms in total. The molecule has 0 heterocycles. The Labute approximate surface area is 270 Å². The fourth-order valence-electron chi connectivity index (χ4n) is 5.98. The van der Waals surface area contributed by atoms with Crippen LogP contribution in [0.15, 0.2) is 0 Å². The summed E-state index contributed by atoms with van der Waals surface area (Å²) in [5.41, 5.74) is 9.47. The molecule has 1 atom stereocenters. The van der Waals surface area contributed by atoms with Crippen molar-refractivity contribution < 1.29 is 59.8 Å². The number of carbonyl (C=O) groups is 1. The number of hydrogen-bond donors (Lipinski definition) is 4. The van der Waals surface area contributed by atoms with E-state index in [0.717, 1.165) is 56.0 Å². The van der Waals surface area contributed by atoms with Gasteiger partial charge in [0.25, 0.3) is 0 Å². The summed E-state index contributed by atoms with van der Waals surface area (Å²) in [5.74, 6) is -1.37. The molecule has 3 fully saturated rings. The van der Waals surface area contributed by atoms with Crippen LogP contribution in [-0.4, -0.2) is 65.3 Å². The van der Waals surface area contributed by atoms with Crippen molar-refractivity contribution in [1.82, 2.24) is 0 Å². The molecule has 3 aliphatic carbocycles. The zero-order chi connectivity index (χ0) is 31.4. The van der Waals surface area contributed by atoms with Gasteiger partial charge < -0.3 is 50.2 Å². The number of hydrogen-bond acceptors (Lipinski definition) is 8. The van der Waals surface area contributed by atoms with Gasteiger partial charge in [0.2, 0.25) is 0 Å². The summed E-state index contributed by atoms with van der Waals surface area (Å²) in [6, 6.07) is 1.09. The van der Waals surface area contributed by atoms with Crippen molar-refractivity contribution in [2.75, 3.05) is 27.2 Å². The third-order valence-electron chi connectivity index (χ3n) is 8.62. The van der Waals surface area contributed by atoms with Crippen LogP contribution >= 0.6 is 7.82 Å². The van der Waals surface area contributed by atoms with Crippen LogP contribution in [0.1, 0.15) is 135 Å². The van der Waals surface area contributed by atoms with Crippen molar-refractivity contribution in [2.45, 2.75) is 153 Å². The number of nitrogens with zero attached hydrogens (tertiary/aromatic N) is 1. The Morgan fingerprint density at radius 3 is 1.48 bits per heavy atom. The number of aliphatic carboxylic acids is 1. The third-order valence-corrected chi connectivity index (χ3v) is 8.62. The molecule has 0 aromatic carbocycles. The molecule has 42 heavy (non-hydrogen) atoms. The van der Waals surface area contributed by atoms with Crippen LogP contribution in [0.5, 0.6) is 0 Å². The Bertz CT molecular complexity index is 689. The first-order valence-electron chi connectivity index (χ1n) is 16.1. The first kappa shape index (κ1) is 44.2. The molecule has 12 heteroatoms. The molecule has 0 aromatic heterocycles. The van der Waals surface area contributed by atoms with Crippen LogP contribution in [0.2, 0.25) is 0 Å². The van der Waals surface area contributed by atoms with Gasteiger partial charge in [-0.15, -0.1) is 0 Å². The first-order valence-corrected chi connectivity index (χ1v) is 17.6. The van der Waals surface area contributed by atoms with Gasteiger partial charge >= 0.3 is 21.1 Å². The van der Waals surface area contributed by atoms with Gasteiger partial charge in [-0.05, 0) is 83.0 Å². The number of rotatable bonds is 13. The van der Waals surface area contributed by atoms with Gasteiger partial charge in [-0.2, -0.15) is 0 Å². The molecule has 3 aliphatic rings. The van der Waals surface area contributed by atoms with Crippen molar-refractivity contribution in [3.05, 3.63) is 0 Å². The number of phosphoric acid groups is 1. The average Bonchev–Trinajstić information content (AvgIpc) is 3.66. The molecular weight excluding hydrogens is 740 g/mol. The standard InChI is InChI=1S/C20H39NO3.2C5H11N.H3O4P.Pt/c1-4-5-6-11-16-21(2,3)17-12-7-10-15-20(24,19(22)23)18-13-8-9-14-18;2*6-5-3-1-2-4-5;1-5(2,3)4;/h18,24H,4-17H2,1-3H3;2*5H,1-4,6H2;(H3,1,2,3,4);/q;;;;+2/p-2. The molecule has 3 rings (SSSR count). The van der Waals surface area contributed by atoms with Crippen LogP contribution in [0.3, 0.4) is 0 Å². The quantitative estimate of drug-likeness (QED) is 0.123. The van der Waals surface area contributed by atoms with E-state index in [1.807, 2.05) is 0 Å². The van der Waals surface area contributed by atoms with Gasteiger partial charge in [0.1, 0.15) is 5.60 Å². The number of aliphatic hydroxyl groups is 1. The summed E-state index contributed by atoms with van der Waals surface area (Å²) in [4.78, 5) is 35.7. The van der Waals surface area contributed by atoms with Gasteiger partial charge in [0, 0.05) is 12.1 Å². The normalized spacial score (nSPS) is 19.4. The smallest absolute Gasteiger partial charge is 0.790 e. The van der Waals surface area contributed by atoms with Crippen LogP contribution in [0.25, 0.3) is 0 Å². The predicted molar refractivity (Wildman–Crippen MR) is 159 cm³/mol. The van der Waals surface area contributed by atoms with E-state index in [1.165, 1.54) is 83.6 Å². The zero-order valence-corrected chi connectivity index (χ0v) is 29.8. The summed E-state index contributed by atoms with van der Waals surface area (Å²) in [7, 11) is -0.579. The second kappa shape index (κ2) is 24.4. The van der Waals surface area contributed by atoms with Gasteiger partial charge in [-0.3, -0.25) is 0 Å². The molecule has 1 unspecified atom stereocenters. The number of nitrogens with two attached hydrogens (primary N) is 2. The van der Waals surface area contributed by atoms with Gasteiger partial charge in [0.05, 0.1) is 41.0 Å². The van der Waals surface area contributed by atoms with Crippen LogP contribution < -0.4 is 26.4 Å². The number of unbranched alkanes of at least 4 members (excludes halogenated alkanes) is 5. The van der Waals surface area contributed by atoms with E-state index < -0.39 is 19.4 Å². The minimum absolute atomic E-state index is 0. The minimum Gasteiger partial charge on any atom is -0.790 e. The number of carboxylic acid groups (broad SMARTS) is 1. The fourth-order valence-corrected chi connectivity index (χ4v) is 5.98. The molecule has 0 aromatic rings. The summed E-state index contributed by atoms with van der Waals surface area (Å²) in [6.07, 6.45) is 22.6. The third kappa shape index (κ3) is 24.4. The van der Waals surface area contributed by atoms with E-state index in [1.54, 1.807) is 0 Å². The second-order valence-corrected chi connectivity index (χ2v) is 13.9. The molecule has 6 N–H and O–H groups in total. The summed E-state index contributed by atoms with van der Waals surface area (Å²) in [6.45, 7) is 4.57. The van der Waals surface area contributed by atoms with Crippen LogP contribution in [-0.2, 0) is 30.4 Å². The summed E-state index contributed by atoms with van der Waals surface area (Å²) in [5, 5.41) is 22.0. The SMILES string of the molecule is CCCCCC[N+](C)(C)CCCCCC(O)(C(=O)[O-])C1CCCC1.NC1CCCC1.NC1CCCC1.O=P([O-])([O-])O.[Pt+2]. The van der Waals surface area contributed by atoms with Crippen molar-refractivity contribution >= 4 is 13.8 Å². The van der Waals surface area contributed by atoms with E-state index in [9.17, 15) is 15.0 Å². The van der Waals surface area contributed by atoms with E-state index in [4.69, 9.17) is 30.7 Å². The van der Waals surface area contributed by atoms with E-state index in [-0.39, 0.29) is 27.0 Å². The molecule has 3 saturated carbocycles. The van der Waals surface area contributed by atoms with Crippen LogP contribution in [0, 0.1) is 5.92 Å². The number of carbonyl (C=O) groups excluding carboxylic acids is 1. The van der Waals surface area contributed by atoms with E-state index in [2.05, 4.69) is 21.0 Å². The van der Waals surface area contributed by atoms with Crippen molar-refractivity contribution in [3.63, 3.8) is 0 Å². The van der Waals surface area contributed by atoms with Crippen molar-refractivity contribution in [3.8, 4) is 0 Å². The Kier molecular flexibility index (Phi) is 25.7. The van der Waals surface area contributed by atoms with Crippen molar-refractivity contribution in [2.24, 2.45) is 17.4 Å². The topological polar surface area (TPSA) is 196 Å². The predicted octanol–water partition coefficient (Wildman–Crippen LogP) is 2.46. The first-order chi connectivity index (χ1) is 19.1. The number of quaternary nitrogens is 1. The largest absolute Gasteiger partial charge is 2.00 e. The van der Waals surface area contributed by atoms with Gasteiger partial charge in [-0.1, -0.05) is 58.3 Å². The fraction of sp³-hybridized carbons (Fsp3) is 0.967. The average molecular weight is 803 g/mol. The monoisotopic (exact) mass is 802 g/mol. The molecule has 0 saturated heterocycles. The van der Waals surface area contributed by atoms with Gasteiger partial charge in [0.15, 0.2) is 0 Å². The van der Waals surface area contributed by atoms with Gasteiger partial charge in [-0.25, -0.2) is 0 Å². The van der Waals surface area contributed by atoms with Crippen LogP contribution in [0.4, 0.5) is 0 Å². The molecule has 0 amide bonds. The Morgan fingerprint density at radius 1 is 0.810 bits per heavy atom. The Morgan fingerprint density at radius 2 is 1.17 bits per heavy atom. The summed E-state index contributed by atoms with van der Waals surface area (Å²) >= 11 is 0. The maximum atomic E-state index is 11.4. The molecule has 254 valence electrons. The Balaban J connectivity index is 0.